The lowest BCUT2D eigenvalue weighted by molar-refractivity contribution is 0.0957. The van der Waals surface area contributed by atoms with Crippen molar-refractivity contribution >= 4 is 22.4 Å². The average Bonchev–Trinajstić information content (AvgIpc) is 2.46. The molecule has 1 aromatic carbocycles. The minimum atomic E-state index is -0.832. The minimum absolute atomic E-state index is 0.0839. The highest BCUT2D eigenvalue weighted by Crippen LogP contribution is 2.25. The number of fused-ring (bicyclic) bond motifs is 1. The SMILES string of the molecule is CCS(=O)CCNC(=O)c1cccc2c1NCCC2. The smallest absolute Gasteiger partial charge is 0.253 e. The van der Waals surface area contributed by atoms with Gasteiger partial charge in [-0.1, -0.05) is 19.1 Å². The number of para-hydroxylation sites is 1. The normalized spacial score (nSPS) is 15.2. The van der Waals surface area contributed by atoms with Gasteiger partial charge in [0.15, 0.2) is 0 Å². The van der Waals surface area contributed by atoms with Gasteiger partial charge in [0, 0.05) is 35.4 Å². The van der Waals surface area contributed by atoms with Crippen LogP contribution in [0.25, 0.3) is 0 Å². The predicted molar refractivity (Wildman–Crippen MR) is 79.1 cm³/mol. The number of nitrogens with one attached hydrogen (secondary N) is 2. The van der Waals surface area contributed by atoms with E-state index in [1.807, 2.05) is 19.1 Å². The number of hydrogen-bond acceptors (Lipinski definition) is 3. The third-order valence-corrected chi connectivity index (χ3v) is 4.56. The van der Waals surface area contributed by atoms with Crippen LogP contribution in [0, 0.1) is 0 Å². The van der Waals surface area contributed by atoms with E-state index >= 15 is 0 Å². The van der Waals surface area contributed by atoms with E-state index < -0.39 is 10.8 Å². The Morgan fingerprint density at radius 2 is 2.32 bits per heavy atom. The molecule has 1 heterocycles. The van der Waals surface area contributed by atoms with Gasteiger partial charge in [-0.25, -0.2) is 0 Å². The largest absolute Gasteiger partial charge is 0.384 e. The van der Waals surface area contributed by atoms with E-state index in [0.717, 1.165) is 25.1 Å². The van der Waals surface area contributed by atoms with Gasteiger partial charge in [0.1, 0.15) is 0 Å². The van der Waals surface area contributed by atoms with Crippen LogP contribution >= 0.6 is 0 Å². The number of hydrogen-bond donors (Lipinski definition) is 2. The van der Waals surface area contributed by atoms with Crippen LogP contribution in [0.1, 0.15) is 29.3 Å². The molecule has 0 radical (unpaired) electrons. The van der Waals surface area contributed by atoms with Crippen LogP contribution in [0.3, 0.4) is 0 Å². The fourth-order valence-electron chi connectivity index (χ4n) is 2.22. The summed E-state index contributed by atoms with van der Waals surface area (Å²) in [4.78, 5) is 12.1. The molecule has 1 unspecified atom stereocenters. The van der Waals surface area contributed by atoms with E-state index in [1.54, 1.807) is 0 Å². The molecule has 19 heavy (non-hydrogen) atoms. The molecule has 0 saturated heterocycles. The molecule has 1 amide bonds. The summed E-state index contributed by atoms with van der Waals surface area (Å²) in [6.45, 7) is 3.26. The maximum Gasteiger partial charge on any atom is 0.253 e. The summed E-state index contributed by atoms with van der Waals surface area (Å²) in [5.41, 5.74) is 2.86. The molecule has 0 saturated carbocycles. The van der Waals surface area contributed by atoms with Gasteiger partial charge in [-0.3, -0.25) is 9.00 Å². The van der Waals surface area contributed by atoms with Gasteiger partial charge in [0.2, 0.25) is 0 Å². The van der Waals surface area contributed by atoms with Crippen LogP contribution in [0.4, 0.5) is 5.69 Å². The van der Waals surface area contributed by atoms with Crippen molar-refractivity contribution < 1.29 is 9.00 Å². The standard InChI is InChI=1S/C14H20N2O2S/c1-2-19(18)10-9-16-14(17)12-7-3-5-11-6-4-8-15-13(11)12/h3,5,7,15H,2,4,6,8-10H2,1H3,(H,16,17). The molecule has 1 atom stereocenters. The lowest BCUT2D eigenvalue weighted by atomic mass is 9.99. The quantitative estimate of drug-likeness (QED) is 0.860. The van der Waals surface area contributed by atoms with Crippen LogP contribution in [0.2, 0.25) is 0 Å². The highest BCUT2D eigenvalue weighted by atomic mass is 32.2. The first-order valence-corrected chi connectivity index (χ1v) is 8.20. The number of benzene rings is 1. The summed E-state index contributed by atoms with van der Waals surface area (Å²) in [7, 11) is -0.832. The number of rotatable bonds is 5. The molecule has 0 bridgehead atoms. The van der Waals surface area contributed by atoms with E-state index in [2.05, 4.69) is 16.7 Å². The maximum atomic E-state index is 12.1. The fraction of sp³-hybridized carbons (Fsp3) is 0.500. The predicted octanol–water partition coefficient (Wildman–Crippen LogP) is 1.54. The number of carbonyl (C=O) groups excluding carboxylic acids is 1. The van der Waals surface area contributed by atoms with Crippen molar-refractivity contribution in [1.82, 2.24) is 5.32 Å². The molecular weight excluding hydrogens is 260 g/mol. The average molecular weight is 280 g/mol. The van der Waals surface area contributed by atoms with Gasteiger partial charge in [-0.15, -0.1) is 0 Å². The molecule has 1 aliphatic rings. The lowest BCUT2D eigenvalue weighted by Gasteiger charge is -2.20. The van der Waals surface area contributed by atoms with Crippen LogP contribution in [-0.4, -0.2) is 34.7 Å². The second-order valence-electron chi connectivity index (χ2n) is 4.56. The summed E-state index contributed by atoms with van der Waals surface area (Å²) in [6.07, 6.45) is 2.12. The van der Waals surface area contributed by atoms with E-state index in [9.17, 15) is 9.00 Å². The van der Waals surface area contributed by atoms with Crippen molar-refractivity contribution in [2.45, 2.75) is 19.8 Å². The van der Waals surface area contributed by atoms with Gasteiger partial charge < -0.3 is 10.6 Å². The Hall–Kier alpha value is -1.36. The van der Waals surface area contributed by atoms with Crippen LogP contribution in [0.5, 0.6) is 0 Å². The Morgan fingerprint density at radius 3 is 3.11 bits per heavy atom. The second-order valence-corrected chi connectivity index (χ2v) is 6.42. The van der Waals surface area contributed by atoms with Crippen LogP contribution < -0.4 is 10.6 Å². The molecule has 0 aliphatic carbocycles. The molecule has 0 aromatic heterocycles. The van der Waals surface area contributed by atoms with E-state index in [0.29, 0.717) is 23.6 Å². The van der Waals surface area contributed by atoms with Crippen molar-refractivity contribution in [3.8, 4) is 0 Å². The summed E-state index contributed by atoms with van der Waals surface area (Å²) in [6, 6.07) is 5.82. The molecule has 5 heteroatoms. The zero-order chi connectivity index (χ0) is 13.7. The van der Waals surface area contributed by atoms with Crippen molar-refractivity contribution in [2.75, 3.05) is 29.9 Å². The van der Waals surface area contributed by atoms with Crippen LogP contribution in [-0.2, 0) is 17.2 Å². The van der Waals surface area contributed by atoms with Gasteiger partial charge in [0.05, 0.1) is 11.3 Å². The third-order valence-electron chi connectivity index (χ3n) is 3.26. The van der Waals surface area contributed by atoms with Crippen molar-refractivity contribution in [1.29, 1.82) is 0 Å². The minimum Gasteiger partial charge on any atom is -0.384 e. The summed E-state index contributed by atoms with van der Waals surface area (Å²) in [5.74, 6) is 1.07. The first-order valence-electron chi connectivity index (χ1n) is 6.71. The zero-order valence-corrected chi connectivity index (χ0v) is 12.0. The number of aryl methyl sites for hydroxylation is 1. The Labute approximate surface area is 116 Å². The molecule has 1 aromatic rings. The van der Waals surface area contributed by atoms with E-state index in [-0.39, 0.29) is 5.91 Å². The van der Waals surface area contributed by atoms with E-state index in [4.69, 9.17) is 0 Å². The first kappa shape index (κ1) is 14.1. The number of anilines is 1. The summed E-state index contributed by atoms with van der Waals surface area (Å²) >= 11 is 0. The monoisotopic (exact) mass is 280 g/mol. The molecule has 4 nitrogen and oxygen atoms in total. The van der Waals surface area contributed by atoms with Gasteiger partial charge in [-0.2, -0.15) is 0 Å². The number of carbonyl (C=O) groups is 1. The molecule has 104 valence electrons. The second kappa shape index (κ2) is 6.70. The third kappa shape index (κ3) is 3.56. The van der Waals surface area contributed by atoms with Gasteiger partial charge >= 0.3 is 0 Å². The zero-order valence-electron chi connectivity index (χ0n) is 11.2. The van der Waals surface area contributed by atoms with Crippen molar-refractivity contribution in [3.63, 3.8) is 0 Å². The lowest BCUT2D eigenvalue weighted by Crippen LogP contribution is -2.29. The summed E-state index contributed by atoms with van der Waals surface area (Å²) < 4.78 is 11.3. The molecular formula is C14H20N2O2S. The van der Waals surface area contributed by atoms with Gasteiger partial charge in [0.25, 0.3) is 5.91 Å². The number of amides is 1. The Balaban J connectivity index is 2.01. The first-order chi connectivity index (χ1) is 9.22. The highest BCUT2D eigenvalue weighted by molar-refractivity contribution is 7.84. The maximum absolute atomic E-state index is 12.1. The topological polar surface area (TPSA) is 58.2 Å². The molecule has 1 aliphatic heterocycles. The molecule has 2 N–H and O–H groups in total. The molecule has 0 fully saturated rings. The molecule has 2 rings (SSSR count). The van der Waals surface area contributed by atoms with Crippen molar-refractivity contribution in [2.24, 2.45) is 0 Å². The highest BCUT2D eigenvalue weighted by Gasteiger charge is 2.16. The van der Waals surface area contributed by atoms with Crippen LogP contribution in [0.15, 0.2) is 18.2 Å². The fourth-order valence-corrected chi connectivity index (χ4v) is 2.84. The Bertz CT molecular complexity index is 488. The summed E-state index contributed by atoms with van der Waals surface area (Å²) in [5, 5.41) is 6.14. The Morgan fingerprint density at radius 1 is 1.47 bits per heavy atom. The van der Waals surface area contributed by atoms with E-state index in [1.165, 1.54) is 5.56 Å². The van der Waals surface area contributed by atoms with Gasteiger partial charge in [-0.05, 0) is 24.5 Å². The Kier molecular flexibility index (Phi) is 4.96. The molecule has 0 spiro atoms. The van der Waals surface area contributed by atoms with Crippen molar-refractivity contribution in [3.05, 3.63) is 29.3 Å².